The average molecular weight is 327 g/mol. The number of nitrogens with zero attached hydrogens (tertiary/aromatic N) is 1. The first kappa shape index (κ1) is 17.1. The van der Waals surface area contributed by atoms with Gasteiger partial charge in [-0.1, -0.05) is 19.8 Å². The molecule has 0 bridgehead atoms. The van der Waals surface area contributed by atoms with Gasteiger partial charge in [0.25, 0.3) is 0 Å². The van der Waals surface area contributed by atoms with Crippen molar-refractivity contribution >= 4 is 15.7 Å². The standard InChI is InChI=1S/C16H25NO4S/c1-4-13-9-10-15(21-13)14-8-6-5-7-11-17(14)16(18)12(2)22(3,19)20/h9-10,12,14H,4-8,11H2,1-3H3. The fraction of sp³-hybridized carbons (Fsp3) is 0.688. The molecule has 0 spiro atoms. The maximum absolute atomic E-state index is 12.7. The molecule has 1 aromatic heterocycles. The summed E-state index contributed by atoms with van der Waals surface area (Å²) in [7, 11) is -3.39. The summed E-state index contributed by atoms with van der Waals surface area (Å²) in [6, 6.07) is 3.70. The molecule has 0 saturated carbocycles. The highest BCUT2D eigenvalue weighted by Crippen LogP contribution is 2.32. The SMILES string of the molecule is CCc1ccc(C2CCCCCN2C(=O)C(C)S(C)(=O)=O)o1. The highest BCUT2D eigenvalue weighted by molar-refractivity contribution is 7.92. The molecule has 2 unspecified atom stereocenters. The van der Waals surface area contributed by atoms with Gasteiger partial charge in [0.1, 0.15) is 16.8 Å². The third kappa shape index (κ3) is 3.72. The Labute approximate surface area is 132 Å². The number of amides is 1. The lowest BCUT2D eigenvalue weighted by atomic mass is 10.1. The molecule has 6 heteroatoms. The second-order valence-corrected chi connectivity index (χ2v) is 8.39. The lowest BCUT2D eigenvalue weighted by Gasteiger charge is -2.30. The number of aryl methyl sites for hydroxylation is 1. The van der Waals surface area contributed by atoms with E-state index in [1.165, 1.54) is 6.92 Å². The van der Waals surface area contributed by atoms with Crippen LogP contribution in [-0.2, 0) is 21.1 Å². The van der Waals surface area contributed by atoms with Gasteiger partial charge in [-0.25, -0.2) is 8.42 Å². The molecule has 2 rings (SSSR count). The summed E-state index contributed by atoms with van der Waals surface area (Å²) in [4.78, 5) is 14.4. The molecule has 1 amide bonds. The van der Waals surface area contributed by atoms with Crippen LogP contribution >= 0.6 is 0 Å². The monoisotopic (exact) mass is 327 g/mol. The van der Waals surface area contributed by atoms with Crippen LogP contribution in [0.5, 0.6) is 0 Å². The van der Waals surface area contributed by atoms with Gasteiger partial charge in [0, 0.05) is 19.2 Å². The number of carbonyl (C=O) groups is 1. The van der Waals surface area contributed by atoms with Gasteiger partial charge in [0.2, 0.25) is 5.91 Å². The van der Waals surface area contributed by atoms with E-state index >= 15 is 0 Å². The van der Waals surface area contributed by atoms with Crippen molar-refractivity contribution in [1.82, 2.24) is 4.90 Å². The van der Waals surface area contributed by atoms with Gasteiger partial charge >= 0.3 is 0 Å². The molecule has 2 heterocycles. The molecule has 0 N–H and O–H groups in total. The maximum atomic E-state index is 12.7. The van der Waals surface area contributed by atoms with E-state index in [0.29, 0.717) is 6.54 Å². The van der Waals surface area contributed by atoms with Crippen molar-refractivity contribution in [2.24, 2.45) is 0 Å². The van der Waals surface area contributed by atoms with Crippen molar-refractivity contribution < 1.29 is 17.6 Å². The second-order valence-electron chi connectivity index (χ2n) is 6.03. The van der Waals surface area contributed by atoms with Gasteiger partial charge in [0.15, 0.2) is 9.84 Å². The highest BCUT2D eigenvalue weighted by atomic mass is 32.2. The summed E-state index contributed by atoms with van der Waals surface area (Å²) < 4.78 is 29.3. The van der Waals surface area contributed by atoms with Crippen molar-refractivity contribution in [2.75, 3.05) is 12.8 Å². The van der Waals surface area contributed by atoms with E-state index in [0.717, 1.165) is 49.9 Å². The Morgan fingerprint density at radius 3 is 2.68 bits per heavy atom. The van der Waals surface area contributed by atoms with Crippen molar-refractivity contribution in [3.05, 3.63) is 23.7 Å². The van der Waals surface area contributed by atoms with Crippen molar-refractivity contribution in [1.29, 1.82) is 0 Å². The lowest BCUT2D eigenvalue weighted by Crippen LogP contribution is -2.43. The molecule has 1 aliphatic rings. The van der Waals surface area contributed by atoms with Crippen molar-refractivity contribution in [3.8, 4) is 0 Å². The van der Waals surface area contributed by atoms with Crippen LogP contribution in [0.2, 0.25) is 0 Å². The summed E-state index contributed by atoms with van der Waals surface area (Å²) in [6.07, 6.45) is 5.71. The van der Waals surface area contributed by atoms with E-state index in [-0.39, 0.29) is 11.9 Å². The summed E-state index contributed by atoms with van der Waals surface area (Å²) in [5, 5.41) is -1.01. The van der Waals surface area contributed by atoms with Crippen LogP contribution in [0.25, 0.3) is 0 Å². The highest BCUT2D eigenvalue weighted by Gasteiger charge is 2.35. The van der Waals surface area contributed by atoms with Gasteiger partial charge in [-0.05, 0) is 31.9 Å². The lowest BCUT2D eigenvalue weighted by molar-refractivity contribution is -0.133. The summed E-state index contributed by atoms with van der Waals surface area (Å²) in [5.74, 6) is 1.35. The molecule has 1 aliphatic heterocycles. The molecule has 5 nitrogen and oxygen atoms in total. The minimum atomic E-state index is -3.39. The van der Waals surface area contributed by atoms with Crippen LogP contribution in [0.1, 0.15) is 57.1 Å². The molecule has 0 radical (unpaired) electrons. The Hall–Kier alpha value is -1.30. The van der Waals surface area contributed by atoms with E-state index in [9.17, 15) is 13.2 Å². The van der Waals surface area contributed by atoms with E-state index in [4.69, 9.17) is 4.42 Å². The molecular weight excluding hydrogens is 302 g/mol. The Kier molecular flexibility index (Phi) is 5.32. The van der Waals surface area contributed by atoms with Gasteiger partial charge in [-0.3, -0.25) is 4.79 Å². The van der Waals surface area contributed by atoms with Crippen LogP contribution in [0.15, 0.2) is 16.5 Å². The number of hydrogen-bond donors (Lipinski definition) is 0. The largest absolute Gasteiger partial charge is 0.464 e. The van der Waals surface area contributed by atoms with Crippen LogP contribution < -0.4 is 0 Å². The molecule has 0 aliphatic carbocycles. The Morgan fingerprint density at radius 2 is 2.09 bits per heavy atom. The zero-order valence-corrected chi connectivity index (χ0v) is 14.4. The number of furan rings is 1. The number of hydrogen-bond acceptors (Lipinski definition) is 4. The summed E-state index contributed by atoms with van der Waals surface area (Å²) in [5.41, 5.74) is 0. The van der Waals surface area contributed by atoms with E-state index in [1.54, 1.807) is 4.90 Å². The summed E-state index contributed by atoms with van der Waals surface area (Å²) >= 11 is 0. The average Bonchev–Trinajstić information content (AvgIpc) is 2.81. The topological polar surface area (TPSA) is 67.6 Å². The third-order valence-electron chi connectivity index (χ3n) is 4.39. The number of carbonyl (C=O) groups excluding carboxylic acids is 1. The first-order valence-electron chi connectivity index (χ1n) is 7.92. The molecule has 124 valence electrons. The van der Waals surface area contributed by atoms with Gasteiger partial charge in [-0.2, -0.15) is 0 Å². The number of rotatable bonds is 4. The molecular formula is C16H25NO4S. The van der Waals surface area contributed by atoms with E-state index < -0.39 is 15.1 Å². The van der Waals surface area contributed by atoms with E-state index in [2.05, 4.69) is 0 Å². The normalized spacial score (nSPS) is 21.4. The molecule has 2 atom stereocenters. The number of likely N-dealkylation sites (tertiary alicyclic amines) is 1. The Balaban J connectivity index is 2.29. The van der Waals surface area contributed by atoms with Crippen molar-refractivity contribution in [2.45, 2.75) is 57.2 Å². The van der Waals surface area contributed by atoms with Crippen molar-refractivity contribution in [3.63, 3.8) is 0 Å². The van der Waals surface area contributed by atoms with E-state index in [1.807, 2.05) is 19.1 Å². The van der Waals surface area contributed by atoms with Crippen LogP contribution in [0, 0.1) is 0 Å². The molecule has 0 aromatic carbocycles. The van der Waals surface area contributed by atoms with Gasteiger partial charge in [-0.15, -0.1) is 0 Å². The predicted molar refractivity (Wildman–Crippen MR) is 85.3 cm³/mol. The van der Waals surface area contributed by atoms with Gasteiger partial charge in [0.05, 0.1) is 6.04 Å². The zero-order chi connectivity index (χ0) is 16.3. The van der Waals surface area contributed by atoms with Crippen LogP contribution in [-0.4, -0.2) is 37.3 Å². The minimum Gasteiger partial charge on any atom is -0.464 e. The molecule has 1 aromatic rings. The minimum absolute atomic E-state index is 0.153. The maximum Gasteiger partial charge on any atom is 0.241 e. The smallest absolute Gasteiger partial charge is 0.241 e. The Bertz CT molecular complexity index is 620. The first-order valence-corrected chi connectivity index (χ1v) is 9.88. The van der Waals surface area contributed by atoms with Crippen LogP contribution in [0.4, 0.5) is 0 Å². The molecule has 22 heavy (non-hydrogen) atoms. The summed E-state index contributed by atoms with van der Waals surface area (Å²) in [6.45, 7) is 4.08. The Morgan fingerprint density at radius 1 is 1.36 bits per heavy atom. The third-order valence-corrected chi connectivity index (χ3v) is 5.87. The first-order chi connectivity index (χ1) is 10.3. The number of sulfone groups is 1. The quantitative estimate of drug-likeness (QED) is 0.853. The molecule has 1 fully saturated rings. The fourth-order valence-electron chi connectivity index (χ4n) is 2.85. The van der Waals surface area contributed by atoms with Gasteiger partial charge < -0.3 is 9.32 Å². The zero-order valence-electron chi connectivity index (χ0n) is 13.5. The molecule has 1 saturated heterocycles. The predicted octanol–water partition coefficient (Wildman–Crippen LogP) is 2.72. The van der Waals surface area contributed by atoms with Crippen LogP contribution in [0.3, 0.4) is 0 Å². The fourth-order valence-corrected chi connectivity index (χ4v) is 3.35. The second kappa shape index (κ2) is 6.86.